The van der Waals surface area contributed by atoms with E-state index >= 15 is 0 Å². The van der Waals surface area contributed by atoms with Crippen molar-refractivity contribution >= 4 is 0 Å². The summed E-state index contributed by atoms with van der Waals surface area (Å²) in [7, 11) is 1.55. The molecule has 0 radical (unpaired) electrons. The Labute approximate surface area is 73.4 Å². The van der Waals surface area contributed by atoms with Crippen LogP contribution in [0.1, 0.15) is 6.92 Å². The number of rotatable bonds is 8. The Bertz CT molecular complexity index is 87.1. The van der Waals surface area contributed by atoms with Crippen molar-refractivity contribution in [2.45, 2.75) is 13.0 Å². The van der Waals surface area contributed by atoms with Gasteiger partial charge in [0.25, 0.3) is 0 Å². The van der Waals surface area contributed by atoms with Crippen LogP contribution in [-0.2, 0) is 14.2 Å². The molecule has 0 saturated heterocycles. The highest BCUT2D eigenvalue weighted by atomic mass is 16.5. The molecule has 0 rings (SSSR count). The zero-order valence-corrected chi connectivity index (χ0v) is 7.78. The van der Waals surface area contributed by atoms with Gasteiger partial charge < -0.3 is 19.3 Å². The van der Waals surface area contributed by atoms with Gasteiger partial charge in [0.15, 0.2) is 0 Å². The van der Waals surface area contributed by atoms with Crippen LogP contribution in [0.5, 0.6) is 0 Å². The van der Waals surface area contributed by atoms with E-state index in [9.17, 15) is 0 Å². The third-order valence-electron chi connectivity index (χ3n) is 1.25. The summed E-state index contributed by atoms with van der Waals surface area (Å²) in [5, 5.41) is 9.11. The first-order chi connectivity index (χ1) is 5.81. The van der Waals surface area contributed by atoms with Gasteiger partial charge in [-0.1, -0.05) is 0 Å². The molecule has 12 heavy (non-hydrogen) atoms. The van der Waals surface area contributed by atoms with E-state index < -0.39 is 6.10 Å². The molecule has 0 amide bonds. The SMILES string of the molecule is CCOCCOCC(O)COC. The van der Waals surface area contributed by atoms with Gasteiger partial charge in [0.2, 0.25) is 0 Å². The average Bonchev–Trinajstić information content (AvgIpc) is 2.05. The summed E-state index contributed by atoms with van der Waals surface area (Å²) in [5.74, 6) is 0. The Morgan fingerprint density at radius 3 is 2.42 bits per heavy atom. The monoisotopic (exact) mass is 178 g/mol. The van der Waals surface area contributed by atoms with Gasteiger partial charge in [-0.15, -0.1) is 0 Å². The van der Waals surface area contributed by atoms with Crippen LogP contribution in [0, 0.1) is 0 Å². The fourth-order valence-corrected chi connectivity index (χ4v) is 0.722. The lowest BCUT2D eigenvalue weighted by Gasteiger charge is -2.09. The van der Waals surface area contributed by atoms with Gasteiger partial charge in [-0.2, -0.15) is 0 Å². The van der Waals surface area contributed by atoms with Crippen LogP contribution in [0.4, 0.5) is 0 Å². The second kappa shape index (κ2) is 8.93. The fourth-order valence-electron chi connectivity index (χ4n) is 0.722. The zero-order chi connectivity index (χ0) is 9.23. The molecule has 4 nitrogen and oxygen atoms in total. The van der Waals surface area contributed by atoms with Gasteiger partial charge in [0.05, 0.1) is 26.4 Å². The predicted octanol–water partition coefficient (Wildman–Crippen LogP) is 0.0468. The molecule has 0 aliphatic rings. The number of hydrogen-bond donors (Lipinski definition) is 1. The van der Waals surface area contributed by atoms with Crippen molar-refractivity contribution in [3.63, 3.8) is 0 Å². The van der Waals surface area contributed by atoms with Crippen molar-refractivity contribution in [3.8, 4) is 0 Å². The third kappa shape index (κ3) is 7.94. The lowest BCUT2D eigenvalue weighted by Crippen LogP contribution is -2.22. The number of aliphatic hydroxyl groups is 1. The summed E-state index contributed by atoms with van der Waals surface area (Å²) >= 11 is 0. The molecule has 0 aromatic heterocycles. The summed E-state index contributed by atoms with van der Waals surface area (Å²) in [5.41, 5.74) is 0. The molecule has 0 aromatic rings. The highest BCUT2D eigenvalue weighted by Crippen LogP contribution is 1.86. The topological polar surface area (TPSA) is 47.9 Å². The Morgan fingerprint density at radius 2 is 1.83 bits per heavy atom. The molecule has 0 saturated carbocycles. The second-order valence-corrected chi connectivity index (χ2v) is 2.38. The first-order valence-corrected chi connectivity index (χ1v) is 4.13. The maximum absolute atomic E-state index is 9.11. The van der Waals surface area contributed by atoms with Crippen LogP contribution in [0.3, 0.4) is 0 Å². The van der Waals surface area contributed by atoms with Crippen LogP contribution in [0.25, 0.3) is 0 Å². The van der Waals surface area contributed by atoms with Crippen LogP contribution in [0.2, 0.25) is 0 Å². The van der Waals surface area contributed by atoms with Crippen molar-refractivity contribution in [2.75, 3.05) is 40.1 Å². The lowest BCUT2D eigenvalue weighted by molar-refractivity contribution is -0.0217. The first-order valence-electron chi connectivity index (χ1n) is 4.13. The largest absolute Gasteiger partial charge is 0.388 e. The van der Waals surface area contributed by atoms with E-state index in [1.54, 1.807) is 7.11 Å². The quantitative estimate of drug-likeness (QED) is 0.533. The highest BCUT2D eigenvalue weighted by molar-refractivity contribution is 4.49. The molecule has 74 valence electrons. The van der Waals surface area contributed by atoms with E-state index in [-0.39, 0.29) is 0 Å². The van der Waals surface area contributed by atoms with Crippen LogP contribution >= 0.6 is 0 Å². The molecule has 0 heterocycles. The molecule has 0 fully saturated rings. The van der Waals surface area contributed by atoms with Gasteiger partial charge in [-0.25, -0.2) is 0 Å². The Kier molecular flexibility index (Phi) is 8.81. The summed E-state index contributed by atoms with van der Waals surface area (Å²) in [4.78, 5) is 0. The maximum Gasteiger partial charge on any atom is 0.101 e. The van der Waals surface area contributed by atoms with Crippen molar-refractivity contribution in [1.29, 1.82) is 0 Å². The highest BCUT2D eigenvalue weighted by Gasteiger charge is 2.01. The van der Waals surface area contributed by atoms with E-state index in [1.165, 1.54) is 0 Å². The normalized spacial score (nSPS) is 13.2. The van der Waals surface area contributed by atoms with Gasteiger partial charge in [-0.3, -0.25) is 0 Å². The van der Waals surface area contributed by atoms with E-state index in [0.717, 1.165) is 0 Å². The molecule has 4 heteroatoms. The Morgan fingerprint density at radius 1 is 1.17 bits per heavy atom. The second-order valence-electron chi connectivity index (χ2n) is 2.38. The van der Waals surface area contributed by atoms with Gasteiger partial charge in [0, 0.05) is 13.7 Å². The lowest BCUT2D eigenvalue weighted by atomic mass is 10.4. The van der Waals surface area contributed by atoms with Gasteiger partial charge >= 0.3 is 0 Å². The zero-order valence-electron chi connectivity index (χ0n) is 7.78. The molecule has 1 atom stereocenters. The molecule has 1 N–H and O–H groups in total. The molecule has 0 bridgehead atoms. The van der Waals surface area contributed by atoms with E-state index in [4.69, 9.17) is 19.3 Å². The minimum atomic E-state index is -0.531. The third-order valence-corrected chi connectivity index (χ3v) is 1.25. The van der Waals surface area contributed by atoms with Crippen molar-refractivity contribution in [2.24, 2.45) is 0 Å². The molecular weight excluding hydrogens is 160 g/mol. The van der Waals surface area contributed by atoms with Crippen molar-refractivity contribution < 1.29 is 19.3 Å². The molecule has 0 aliphatic carbocycles. The minimum absolute atomic E-state index is 0.306. The van der Waals surface area contributed by atoms with E-state index in [1.807, 2.05) is 6.92 Å². The standard InChI is InChI=1S/C8H18O4/c1-3-11-4-5-12-7-8(9)6-10-2/h8-9H,3-7H2,1-2H3. The molecule has 0 spiro atoms. The smallest absolute Gasteiger partial charge is 0.101 e. The Balaban J connectivity index is 2.97. The average molecular weight is 178 g/mol. The number of aliphatic hydroxyl groups excluding tert-OH is 1. The summed E-state index contributed by atoms with van der Waals surface area (Å²) in [6.07, 6.45) is -0.531. The van der Waals surface area contributed by atoms with E-state index in [0.29, 0.717) is 33.0 Å². The summed E-state index contributed by atoms with van der Waals surface area (Å²) in [6.45, 7) is 4.35. The number of methoxy groups -OCH3 is 1. The van der Waals surface area contributed by atoms with Crippen LogP contribution < -0.4 is 0 Å². The number of hydrogen-bond acceptors (Lipinski definition) is 4. The van der Waals surface area contributed by atoms with Crippen molar-refractivity contribution in [3.05, 3.63) is 0 Å². The number of ether oxygens (including phenoxy) is 3. The van der Waals surface area contributed by atoms with Gasteiger partial charge in [0.1, 0.15) is 6.10 Å². The molecular formula is C8H18O4. The fraction of sp³-hybridized carbons (Fsp3) is 1.00. The molecule has 0 aromatic carbocycles. The van der Waals surface area contributed by atoms with Crippen LogP contribution in [-0.4, -0.2) is 51.4 Å². The maximum atomic E-state index is 9.11. The molecule has 0 aliphatic heterocycles. The minimum Gasteiger partial charge on any atom is -0.388 e. The van der Waals surface area contributed by atoms with Crippen LogP contribution in [0.15, 0.2) is 0 Å². The van der Waals surface area contributed by atoms with E-state index in [2.05, 4.69) is 0 Å². The first kappa shape index (κ1) is 11.8. The van der Waals surface area contributed by atoms with Gasteiger partial charge in [-0.05, 0) is 6.92 Å². The summed E-state index contributed by atoms with van der Waals surface area (Å²) < 4.78 is 14.9. The molecule has 1 unspecified atom stereocenters. The predicted molar refractivity (Wildman–Crippen MR) is 45.2 cm³/mol. The van der Waals surface area contributed by atoms with Crippen molar-refractivity contribution in [1.82, 2.24) is 0 Å². The Hall–Kier alpha value is -0.160. The summed E-state index contributed by atoms with van der Waals surface area (Å²) in [6, 6.07) is 0.